The molecule has 0 fully saturated rings. The number of carbonyl (C=O) groups excluding carboxylic acids is 2. The van der Waals surface area contributed by atoms with Crippen molar-refractivity contribution in [3.05, 3.63) is 75.7 Å². The van der Waals surface area contributed by atoms with Gasteiger partial charge in [0, 0.05) is 41.1 Å². The molecule has 194 valence electrons. The maximum Gasteiger partial charge on any atom is 0.262 e. The van der Waals surface area contributed by atoms with Crippen LogP contribution in [-0.2, 0) is 16.6 Å². The molecule has 2 N–H and O–H groups in total. The molecule has 3 aromatic rings. The number of allylic oxidation sites excluding steroid dienone is 2. The highest BCUT2D eigenvalue weighted by Crippen LogP contribution is 2.30. The topological polar surface area (TPSA) is 84.0 Å². The monoisotopic (exact) mass is 534 g/mol. The lowest BCUT2D eigenvalue weighted by Gasteiger charge is -2.18. The van der Waals surface area contributed by atoms with E-state index in [-0.39, 0.29) is 17.2 Å². The largest absolute Gasteiger partial charge is 0.339 e. The average molecular weight is 535 g/mol. The number of nitrogens with zero attached hydrogens (tertiary/aromatic N) is 2. The van der Waals surface area contributed by atoms with Crippen LogP contribution in [0.15, 0.2) is 54.9 Å². The summed E-state index contributed by atoms with van der Waals surface area (Å²) in [7, 11) is 0. The van der Waals surface area contributed by atoms with E-state index >= 15 is 0 Å². The minimum Gasteiger partial charge on any atom is -0.339 e. The second-order valence-corrected chi connectivity index (χ2v) is 12.0. The number of hydrogen-bond acceptors (Lipinski definition) is 6. The maximum atomic E-state index is 13.0. The van der Waals surface area contributed by atoms with E-state index in [1.54, 1.807) is 6.26 Å². The molecule has 1 aromatic carbocycles. The molecule has 0 radical (unpaired) electrons. The zero-order chi connectivity index (χ0) is 26.4. The Bertz CT molecular complexity index is 1260. The Kier molecular flexibility index (Phi) is 8.82. The first kappa shape index (κ1) is 27.1. The van der Waals surface area contributed by atoms with Gasteiger partial charge >= 0.3 is 0 Å². The molecule has 2 heterocycles. The van der Waals surface area contributed by atoms with Crippen LogP contribution < -0.4 is 10.0 Å². The van der Waals surface area contributed by atoms with E-state index in [2.05, 4.69) is 46.9 Å². The van der Waals surface area contributed by atoms with Crippen molar-refractivity contribution in [2.24, 2.45) is 0 Å². The summed E-state index contributed by atoms with van der Waals surface area (Å²) in [5.41, 5.74) is 4.25. The predicted octanol–water partition coefficient (Wildman–Crippen LogP) is 6.20. The van der Waals surface area contributed by atoms with Crippen LogP contribution in [0.25, 0.3) is 17.0 Å². The molecule has 8 heteroatoms. The number of benzene rings is 1. The molecule has 0 saturated heterocycles. The van der Waals surface area contributed by atoms with Crippen LogP contribution in [0.4, 0.5) is 0 Å². The molecule has 1 atom stereocenters. The number of carbonyl (C=O) groups is 2. The minimum absolute atomic E-state index is 0.0300. The summed E-state index contributed by atoms with van der Waals surface area (Å²) in [6.07, 6.45) is 13.0. The van der Waals surface area contributed by atoms with E-state index in [1.165, 1.54) is 41.7 Å². The maximum absolute atomic E-state index is 13.0. The molecule has 0 saturated carbocycles. The first-order chi connectivity index (χ1) is 17.7. The number of rotatable bonds is 8. The molecule has 1 aliphatic rings. The summed E-state index contributed by atoms with van der Waals surface area (Å²) < 4.78 is 2.76. The van der Waals surface area contributed by atoms with Gasteiger partial charge in [0.1, 0.15) is 6.04 Å². The third-order valence-corrected chi connectivity index (χ3v) is 8.27. The van der Waals surface area contributed by atoms with Crippen LogP contribution in [0.2, 0.25) is 0 Å². The Morgan fingerprint density at radius 2 is 1.76 bits per heavy atom. The fourth-order valence-electron chi connectivity index (χ4n) is 4.24. The van der Waals surface area contributed by atoms with Crippen molar-refractivity contribution in [2.45, 2.75) is 64.3 Å². The van der Waals surface area contributed by atoms with Gasteiger partial charge in [0.15, 0.2) is 5.82 Å². The van der Waals surface area contributed by atoms with E-state index in [0.29, 0.717) is 17.1 Å². The lowest BCUT2D eigenvalue weighted by molar-refractivity contribution is -0.121. The van der Waals surface area contributed by atoms with Gasteiger partial charge in [-0.1, -0.05) is 63.1 Å². The second kappa shape index (κ2) is 12.0. The Hall–Kier alpha value is -2.97. The molecule has 4 rings (SSSR count). The molecule has 0 bridgehead atoms. The van der Waals surface area contributed by atoms with Crippen molar-refractivity contribution in [1.82, 2.24) is 20.0 Å². The van der Waals surface area contributed by atoms with Crippen LogP contribution in [0.3, 0.4) is 0 Å². The van der Waals surface area contributed by atoms with Gasteiger partial charge < -0.3 is 5.32 Å². The highest BCUT2D eigenvalue weighted by Gasteiger charge is 2.24. The highest BCUT2D eigenvalue weighted by atomic mass is 32.2. The summed E-state index contributed by atoms with van der Waals surface area (Å²) in [6, 6.07) is 11.0. The third-order valence-electron chi connectivity index (χ3n) is 6.36. The van der Waals surface area contributed by atoms with Gasteiger partial charge in [-0.05, 0) is 54.4 Å². The molecule has 2 amide bonds. The SMILES string of the molecule is CSNC(=O)C(Cc1ccc(-c2ncc(C3=CCCCC3)cn2)cc1)NC(=O)c1ccc(C(C)(C)C)s1. The average Bonchev–Trinajstić information content (AvgIpc) is 3.41. The van der Waals surface area contributed by atoms with Crippen molar-refractivity contribution < 1.29 is 9.59 Å². The summed E-state index contributed by atoms with van der Waals surface area (Å²) in [5, 5.41) is 2.93. The van der Waals surface area contributed by atoms with Crippen molar-refractivity contribution in [3.63, 3.8) is 0 Å². The van der Waals surface area contributed by atoms with Crippen LogP contribution in [0.5, 0.6) is 0 Å². The van der Waals surface area contributed by atoms with E-state index in [4.69, 9.17) is 0 Å². The number of aromatic nitrogens is 2. The quantitative estimate of drug-likeness (QED) is 0.337. The predicted molar refractivity (Wildman–Crippen MR) is 154 cm³/mol. The fraction of sp³-hybridized carbons (Fsp3) is 0.379. The van der Waals surface area contributed by atoms with Crippen LogP contribution in [0.1, 0.15) is 72.1 Å². The van der Waals surface area contributed by atoms with E-state index in [0.717, 1.165) is 34.4 Å². The molecule has 37 heavy (non-hydrogen) atoms. The summed E-state index contributed by atoms with van der Waals surface area (Å²) in [6.45, 7) is 6.35. The zero-order valence-electron chi connectivity index (χ0n) is 21.8. The Morgan fingerprint density at radius 3 is 2.35 bits per heavy atom. The van der Waals surface area contributed by atoms with Crippen molar-refractivity contribution >= 4 is 40.7 Å². The highest BCUT2D eigenvalue weighted by molar-refractivity contribution is 7.97. The fourth-order valence-corrected chi connectivity index (χ4v) is 5.55. The molecule has 2 aromatic heterocycles. The molecular weight excluding hydrogens is 500 g/mol. The Labute approximate surface area is 227 Å². The normalized spacial score (nSPS) is 14.5. The van der Waals surface area contributed by atoms with E-state index < -0.39 is 6.04 Å². The van der Waals surface area contributed by atoms with Gasteiger partial charge in [0.05, 0.1) is 4.88 Å². The molecular formula is C29H34N4O2S2. The van der Waals surface area contributed by atoms with E-state index in [1.807, 2.05) is 48.8 Å². The minimum atomic E-state index is -0.690. The van der Waals surface area contributed by atoms with Gasteiger partial charge in [-0.15, -0.1) is 11.3 Å². The van der Waals surface area contributed by atoms with Crippen LogP contribution in [-0.4, -0.2) is 34.1 Å². The third kappa shape index (κ3) is 7.08. The van der Waals surface area contributed by atoms with Gasteiger partial charge in [-0.2, -0.15) is 0 Å². The number of hydrogen-bond donors (Lipinski definition) is 2. The molecule has 6 nitrogen and oxygen atoms in total. The van der Waals surface area contributed by atoms with Crippen LogP contribution >= 0.6 is 23.3 Å². The standard InChI is InChI=1S/C29H34N4O2S2/c1-29(2,3)25-15-14-24(37-25)28(35)32-23(27(34)33-36-4)16-19-10-12-21(13-11-19)26-30-17-22(18-31-26)20-8-6-5-7-9-20/h8,10-15,17-18,23H,5-7,9,16H2,1-4H3,(H,32,35)(H,33,34). The molecule has 1 aliphatic carbocycles. The van der Waals surface area contributed by atoms with Gasteiger partial charge in [-0.3, -0.25) is 14.3 Å². The number of amides is 2. The molecule has 1 unspecified atom stereocenters. The first-order valence-corrected chi connectivity index (χ1v) is 14.6. The summed E-state index contributed by atoms with van der Waals surface area (Å²) in [5.74, 6) is 0.206. The van der Waals surface area contributed by atoms with E-state index in [9.17, 15) is 9.59 Å². The first-order valence-electron chi connectivity index (χ1n) is 12.6. The molecule has 0 spiro atoms. The summed E-state index contributed by atoms with van der Waals surface area (Å²) >= 11 is 2.69. The van der Waals surface area contributed by atoms with Crippen molar-refractivity contribution in [3.8, 4) is 11.4 Å². The smallest absolute Gasteiger partial charge is 0.262 e. The molecule has 0 aliphatic heterocycles. The number of nitrogens with one attached hydrogen (secondary N) is 2. The zero-order valence-corrected chi connectivity index (χ0v) is 23.5. The van der Waals surface area contributed by atoms with Gasteiger partial charge in [0.2, 0.25) is 0 Å². The van der Waals surface area contributed by atoms with Crippen molar-refractivity contribution in [2.75, 3.05) is 6.26 Å². The second-order valence-electron chi connectivity index (χ2n) is 10.3. The lowest BCUT2D eigenvalue weighted by atomic mass is 9.95. The van der Waals surface area contributed by atoms with Crippen molar-refractivity contribution in [1.29, 1.82) is 0 Å². The van der Waals surface area contributed by atoms with Gasteiger partial charge in [-0.25, -0.2) is 9.97 Å². The van der Waals surface area contributed by atoms with Crippen LogP contribution in [0, 0.1) is 0 Å². The Morgan fingerprint density at radius 1 is 1.03 bits per heavy atom. The van der Waals surface area contributed by atoms with Gasteiger partial charge in [0.25, 0.3) is 11.8 Å². The lowest BCUT2D eigenvalue weighted by Crippen LogP contribution is -2.46. The number of thiophene rings is 1. The Balaban J connectivity index is 1.45. The summed E-state index contributed by atoms with van der Waals surface area (Å²) in [4.78, 5) is 36.6.